The number of carbonyl (C=O) groups is 1. The van der Waals surface area contributed by atoms with Crippen LogP contribution in [0.25, 0.3) is 11.5 Å². The summed E-state index contributed by atoms with van der Waals surface area (Å²) < 4.78 is 17.4. The standard InChI is InChI=1S/C18H15BrN2O4/c1-11(22)15-9-14(23-2)7-8-16(15)24-10-17-20-21-18(25-17)12-3-5-13(19)6-4-12/h3-9H,10H2,1-2H3. The first-order valence-corrected chi connectivity index (χ1v) is 8.26. The first-order valence-electron chi connectivity index (χ1n) is 7.47. The van der Waals surface area contributed by atoms with Gasteiger partial charge in [0.25, 0.3) is 5.89 Å². The first kappa shape index (κ1) is 17.2. The number of ether oxygens (including phenoxy) is 2. The molecule has 0 aliphatic rings. The van der Waals surface area contributed by atoms with Crippen LogP contribution in [0.2, 0.25) is 0 Å². The Balaban J connectivity index is 1.74. The Morgan fingerprint density at radius 1 is 1.16 bits per heavy atom. The molecule has 0 saturated carbocycles. The molecule has 25 heavy (non-hydrogen) atoms. The van der Waals surface area contributed by atoms with Crippen LogP contribution in [0.5, 0.6) is 11.5 Å². The Morgan fingerprint density at radius 2 is 1.92 bits per heavy atom. The van der Waals surface area contributed by atoms with Crippen LogP contribution >= 0.6 is 15.9 Å². The fourth-order valence-electron chi connectivity index (χ4n) is 2.20. The van der Waals surface area contributed by atoms with Gasteiger partial charge in [-0.1, -0.05) is 15.9 Å². The highest BCUT2D eigenvalue weighted by Gasteiger charge is 2.13. The first-order chi connectivity index (χ1) is 12.1. The normalized spacial score (nSPS) is 10.5. The van der Waals surface area contributed by atoms with Gasteiger partial charge in [0, 0.05) is 10.0 Å². The molecule has 1 heterocycles. The van der Waals surface area contributed by atoms with E-state index in [4.69, 9.17) is 13.9 Å². The zero-order chi connectivity index (χ0) is 17.8. The number of methoxy groups -OCH3 is 1. The molecule has 0 bridgehead atoms. The van der Waals surface area contributed by atoms with E-state index in [1.165, 1.54) is 6.92 Å². The average molecular weight is 403 g/mol. The molecule has 0 aliphatic carbocycles. The molecular weight excluding hydrogens is 388 g/mol. The van der Waals surface area contributed by atoms with Gasteiger partial charge in [0.2, 0.25) is 5.89 Å². The van der Waals surface area contributed by atoms with Crippen molar-refractivity contribution < 1.29 is 18.7 Å². The highest BCUT2D eigenvalue weighted by atomic mass is 79.9. The van der Waals surface area contributed by atoms with Crippen LogP contribution in [0.15, 0.2) is 51.4 Å². The predicted molar refractivity (Wildman–Crippen MR) is 94.8 cm³/mol. The zero-order valence-corrected chi connectivity index (χ0v) is 15.2. The number of rotatable bonds is 6. The summed E-state index contributed by atoms with van der Waals surface area (Å²) in [7, 11) is 1.54. The molecular formula is C18H15BrN2O4. The second kappa shape index (κ2) is 7.48. The molecule has 0 saturated heterocycles. The number of hydrogen-bond acceptors (Lipinski definition) is 6. The number of Topliss-reactive ketones (excluding diaryl/α,β-unsaturated/α-hetero) is 1. The minimum absolute atomic E-state index is 0.0656. The van der Waals surface area contributed by atoms with Gasteiger partial charge in [-0.3, -0.25) is 4.79 Å². The third-order valence-corrected chi connectivity index (χ3v) is 4.00. The minimum Gasteiger partial charge on any atom is -0.497 e. The largest absolute Gasteiger partial charge is 0.497 e. The predicted octanol–water partition coefficient (Wildman–Crippen LogP) is 4.29. The van der Waals surface area contributed by atoms with E-state index in [1.54, 1.807) is 25.3 Å². The number of benzene rings is 2. The Bertz CT molecular complexity index is 890. The number of aromatic nitrogens is 2. The van der Waals surface area contributed by atoms with Crippen molar-refractivity contribution in [1.29, 1.82) is 0 Å². The van der Waals surface area contributed by atoms with Gasteiger partial charge in [-0.2, -0.15) is 0 Å². The second-order valence-corrected chi connectivity index (χ2v) is 6.13. The molecule has 0 amide bonds. The third kappa shape index (κ3) is 4.06. The van der Waals surface area contributed by atoms with Gasteiger partial charge in [-0.15, -0.1) is 10.2 Å². The second-order valence-electron chi connectivity index (χ2n) is 5.21. The van der Waals surface area contributed by atoms with Crippen molar-refractivity contribution in [2.45, 2.75) is 13.5 Å². The van der Waals surface area contributed by atoms with Crippen LogP contribution in [0.1, 0.15) is 23.2 Å². The van der Waals surface area contributed by atoms with E-state index in [0.29, 0.717) is 28.8 Å². The van der Waals surface area contributed by atoms with Gasteiger partial charge in [-0.25, -0.2) is 0 Å². The molecule has 128 valence electrons. The van der Waals surface area contributed by atoms with Crippen molar-refractivity contribution in [1.82, 2.24) is 10.2 Å². The van der Waals surface area contributed by atoms with Crippen molar-refractivity contribution in [2.75, 3.05) is 7.11 Å². The Kier molecular flexibility index (Phi) is 5.14. The summed E-state index contributed by atoms with van der Waals surface area (Å²) in [4.78, 5) is 11.8. The summed E-state index contributed by atoms with van der Waals surface area (Å²) in [6, 6.07) is 12.6. The summed E-state index contributed by atoms with van der Waals surface area (Å²) >= 11 is 3.38. The maximum atomic E-state index is 11.8. The Morgan fingerprint density at radius 3 is 2.60 bits per heavy atom. The maximum absolute atomic E-state index is 11.8. The summed E-state index contributed by atoms with van der Waals surface area (Å²) in [5.41, 5.74) is 1.25. The van der Waals surface area contributed by atoms with Crippen LogP contribution in [-0.2, 0) is 6.61 Å². The number of halogens is 1. The van der Waals surface area contributed by atoms with Gasteiger partial charge in [0.05, 0.1) is 12.7 Å². The van der Waals surface area contributed by atoms with Gasteiger partial charge in [-0.05, 0) is 49.4 Å². The van der Waals surface area contributed by atoms with E-state index >= 15 is 0 Å². The van der Waals surface area contributed by atoms with E-state index < -0.39 is 0 Å². The Hall–Kier alpha value is -2.67. The number of ketones is 1. The summed E-state index contributed by atoms with van der Waals surface area (Å²) in [5.74, 6) is 1.65. The van der Waals surface area contributed by atoms with Crippen LogP contribution < -0.4 is 9.47 Å². The third-order valence-electron chi connectivity index (χ3n) is 3.48. The summed E-state index contributed by atoms with van der Waals surface area (Å²) in [6.45, 7) is 1.54. The quantitative estimate of drug-likeness (QED) is 0.572. The van der Waals surface area contributed by atoms with E-state index in [9.17, 15) is 4.79 Å². The number of hydrogen-bond donors (Lipinski definition) is 0. The smallest absolute Gasteiger partial charge is 0.254 e. The maximum Gasteiger partial charge on any atom is 0.254 e. The van der Waals surface area contributed by atoms with Gasteiger partial charge >= 0.3 is 0 Å². The molecule has 0 spiro atoms. The lowest BCUT2D eigenvalue weighted by atomic mass is 10.1. The van der Waals surface area contributed by atoms with Gasteiger partial charge in [0.1, 0.15) is 11.5 Å². The number of carbonyl (C=O) groups excluding carboxylic acids is 1. The Labute approximate surface area is 152 Å². The van der Waals surface area contributed by atoms with Crippen molar-refractivity contribution in [3.8, 4) is 23.0 Å². The molecule has 0 N–H and O–H groups in total. The SMILES string of the molecule is COc1ccc(OCc2nnc(-c3ccc(Br)cc3)o2)c(C(C)=O)c1. The lowest BCUT2D eigenvalue weighted by Crippen LogP contribution is -2.02. The molecule has 0 unspecified atom stereocenters. The number of nitrogens with zero attached hydrogens (tertiary/aromatic N) is 2. The fraction of sp³-hybridized carbons (Fsp3) is 0.167. The van der Waals surface area contributed by atoms with Crippen LogP contribution in [0.4, 0.5) is 0 Å². The highest BCUT2D eigenvalue weighted by molar-refractivity contribution is 9.10. The molecule has 3 aromatic rings. The topological polar surface area (TPSA) is 74.5 Å². The highest BCUT2D eigenvalue weighted by Crippen LogP contribution is 2.26. The van der Waals surface area contributed by atoms with Crippen LogP contribution in [-0.4, -0.2) is 23.1 Å². The molecule has 3 rings (SSSR count). The molecule has 7 heteroatoms. The zero-order valence-electron chi connectivity index (χ0n) is 13.7. The average Bonchev–Trinajstić information content (AvgIpc) is 3.09. The van der Waals surface area contributed by atoms with Crippen LogP contribution in [0, 0.1) is 0 Å². The molecule has 0 aliphatic heterocycles. The fourth-order valence-corrected chi connectivity index (χ4v) is 2.46. The van der Waals surface area contributed by atoms with E-state index in [1.807, 2.05) is 24.3 Å². The van der Waals surface area contributed by atoms with Crippen molar-refractivity contribution in [3.05, 3.63) is 58.4 Å². The summed E-state index contributed by atoms with van der Waals surface area (Å²) in [5, 5.41) is 7.99. The molecule has 6 nitrogen and oxygen atoms in total. The minimum atomic E-state index is -0.116. The molecule has 0 atom stereocenters. The lowest BCUT2D eigenvalue weighted by molar-refractivity contribution is 0.101. The molecule has 0 fully saturated rings. The van der Waals surface area contributed by atoms with Gasteiger partial charge in [0.15, 0.2) is 12.4 Å². The lowest BCUT2D eigenvalue weighted by Gasteiger charge is -2.09. The van der Waals surface area contributed by atoms with Crippen molar-refractivity contribution >= 4 is 21.7 Å². The van der Waals surface area contributed by atoms with E-state index in [0.717, 1.165) is 10.0 Å². The monoisotopic (exact) mass is 402 g/mol. The van der Waals surface area contributed by atoms with E-state index in [-0.39, 0.29) is 12.4 Å². The molecule has 2 aromatic carbocycles. The summed E-state index contributed by atoms with van der Waals surface area (Å²) in [6.07, 6.45) is 0. The van der Waals surface area contributed by atoms with E-state index in [2.05, 4.69) is 26.1 Å². The molecule has 0 radical (unpaired) electrons. The molecule has 1 aromatic heterocycles. The van der Waals surface area contributed by atoms with Crippen molar-refractivity contribution in [3.63, 3.8) is 0 Å². The van der Waals surface area contributed by atoms with Crippen LogP contribution in [0.3, 0.4) is 0 Å². The van der Waals surface area contributed by atoms with Crippen molar-refractivity contribution in [2.24, 2.45) is 0 Å². The van der Waals surface area contributed by atoms with Gasteiger partial charge < -0.3 is 13.9 Å².